The fraction of sp³-hybridized carbons (Fsp3) is 0.316. The second-order valence-corrected chi connectivity index (χ2v) is 9.35. The van der Waals surface area contributed by atoms with Crippen LogP contribution in [0, 0.1) is 0 Å². The second-order valence-electron chi connectivity index (χ2n) is 7.46. The SMILES string of the molecule is CCO/N=C(/C(=O)N[C@@H]1C(=O)N2C(C(=O)[O-])=C(Cn3ccc4nccn43)CS[C@H]12)c1nsc(N)n1.[Na+]. The number of carbonyl (C=O) groups excluding carboxylic acids is 3. The van der Waals surface area contributed by atoms with E-state index in [2.05, 4.69) is 24.8 Å². The van der Waals surface area contributed by atoms with Crippen molar-refractivity contribution >= 4 is 57.6 Å². The molecule has 17 heteroatoms. The topological polar surface area (TPSA) is 185 Å². The molecule has 0 aliphatic carbocycles. The van der Waals surface area contributed by atoms with Gasteiger partial charge in [0, 0.05) is 41.9 Å². The van der Waals surface area contributed by atoms with E-state index >= 15 is 0 Å². The zero-order chi connectivity index (χ0) is 24.7. The van der Waals surface area contributed by atoms with Crippen LogP contribution in [0.15, 0.2) is 41.1 Å². The third-order valence-corrected chi connectivity index (χ3v) is 7.24. The summed E-state index contributed by atoms with van der Waals surface area (Å²) in [5, 5.41) is 17.9. The molecule has 14 nitrogen and oxygen atoms in total. The van der Waals surface area contributed by atoms with Gasteiger partial charge < -0.3 is 25.8 Å². The van der Waals surface area contributed by atoms with Gasteiger partial charge in [0.2, 0.25) is 11.5 Å². The fourth-order valence-corrected chi connectivity index (χ4v) is 5.61. The number of carboxylic acid groups (broad SMARTS) is 1. The van der Waals surface area contributed by atoms with Crippen LogP contribution >= 0.6 is 23.3 Å². The summed E-state index contributed by atoms with van der Waals surface area (Å²) >= 11 is 2.22. The number of oxime groups is 1. The molecule has 2 aliphatic heterocycles. The Morgan fingerprint density at radius 3 is 2.89 bits per heavy atom. The third-order valence-electron chi connectivity index (χ3n) is 5.36. The summed E-state index contributed by atoms with van der Waals surface area (Å²) < 4.78 is 7.53. The number of fused-ring (bicyclic) bond motifs is 2. The van der Waals surface area contributed by atoms with Crippen molar-refractivity contribution in [1.29, 1.82) is 0 Å². The van der Waals surface area contributed by atoms with Gasteiger partial charge in [-0.15, -0.1) is 11.8 Å². The normalized spacial score (nSPS) is 19.5. The number of thioether (sulfide) groups is 1. The molecule has 0 radical (unpaired) electrons. The Bertz CT molecular complexity index is 1400. The Labute approximate surface area is 234 Å². The van der Waals surface area contributed by atoms with Crippen LogP contribution in [0.2, 0.25) is 0 Å². The van der Waals surface area contributed by atoms with Gasteiger partial charge in [0.1, 0.15) is 18.0 Å². The minimum Gasteiger partial charge on any atom is -0.543 e. The molecule has 0 aromatic carbocycles. The molecule has 3 aromatic rings. The van der Waals surface area contributed by atoms with Gasteiger partial charge in [-0.1, -0.05) is 5.16 Å². The van der Waals surface area contributed by atoms with E-state index in [9.17, 15) is 19.5 Å². The van der Waals surface area contributed by atoms with Crippen LogP contribution in [0.3, 0.4) is 0 Å². The van der Waals surface area contributed by atoms with Crippen molar-refractivity contribution in [2.75, 3.05) is 18.1 Å². The van der Waals surface area contributed by atoms with Crippen LogP contribution in [-0.2, 0) is 25.8 Å². The average molecular weight is 540 g/mol. The van der Waals surface area contributed by atoms with Crippen molar-refractivity contribution in [3.05, 3.63) is 41.8 Å². The number of nitrogens with zero attached hydrogens (tertiary/aromatic N) is 7. The number of hydrogen-bond acceptors (Lipinski definition) is 12. The van der Waals surface area contributed by atoms with E-state index in [0.717, 1.165) is 16.4 Å². The first-order chi connectivity index (χ1) is 16.9. The number of carboxylic acids is 1. The predicted molar refractivity (Wildman–Crippen MR) is 123 cm³/mol. The Balaban J connectivity index is 0.00000304. The Hall–Kier alpha value is -2.92. The number of nitrogens with two attached hydrogens (primary N) is 1. The van der Waals surface area contributed by atoms with Crippen molar-refractivity contribution in [1.82, 2.24) is 33.8 Å². The Morgan fingerprint density at radius 1 is 1.39 bits per heavy atom. The van der Waals surface area contributed by atoms with Crippen molar-refractivity contribution in [2.24, 2.45) is 5.16 Å². The van der Waals surface area contributed by atoms with Gasteiger partial charge in [-0.05, 0) is 12.5 Å². The zero-order valence-corrected chi connectivity index (χ0v) is 22.8. The molecule has 2 aliphatic rings. The van der Waals surface area contributed by atoms with E-state index in [1.807, 2.05) is 0 Å². The minimum absolute atomic E-state index is 0. The van der Waals surface area contributed by atoms with Gasteiger partial charge >= 0.3 is 29.6 Å². The predicted octanol–water partition coefficient (Wildman–Crippen LogP) is -4.58. The summed E-state index contributed by atoms with van der Waals surface area (Å²) in [6.07, 6.45) is 5.16. The summed E-state index contributed by atoms with van der Waals surface area (Å²) in [7, 11) is 0. The van der Waals surface area contributed by atoms with E-state index in [4.69, 9.17) is 10.6 Å². The van der Waals surface area contributed by atoms with Crippen LogP contribution in [0.1, 0.15) is 12.7 Å². The molecule has 0 spiro atoms. The molecule has 0 saturated carbocycles. The molecule has 2 atom stereocenters. The minimum atomic E-state index is -1.46. The van der Waals surface area contributed by atoms with Crippen LogP contribution in [-0.4, -0.2) is 75.7 Å². The van der Waals surface area contributed by atoms with E-state index in [1.54, 1.807) is 40.8 Å². The molecule has 0 bridgehead atoms. The van der Waals surface area contributed by atoms with E-state index < -0.39 is 29.2 Å². The molecule has 1 fully saturated rings. The van der Waals surface area contributed by atoms with Crippen molar-refractivity contribution in [3.63, 3.8) is 0 Å². The average Bonchev–Trinajstić information content (AvgIpc) is 3.56. The number of β-lactam (4-membered cyclic amide) rings is 1. The molecule has 182 valence electrons. The van der Waals surface area contributed by atoms with Gasteiger partial charge in [-0.2, -0.15) is 9.36 Å². The summed E-state index contributed by atoms with van der Waals surface area (Å²) in [6, 6.07) is 0.822. The Kier molecular flexibility index (Phi) is 7.70. The second kappa shape index (κ2) is 10.6. The fourth-order valence-electron chi connectivity index (χ4n) is 3.84. The summed E-state index contributed by atoms with van der Waals surface area (Å²) in [5.41, 5.74) is 6.40. The number of imidazole rings is 1. The smallest absolute Gasteiger partial charge is 0.543 e. The molecule has 2 amide bonds. The Morgan fingerprint density at radius 2 is 2.19 bits per heavy atom. The van der Waals surface area contributed by atoms with Gasteiger partial charge in [0.25, 0.3) is 11.8 Å². The number of aromatic nitrogens is 5. The van der Waals surface area contributed by atoms with Crippen LogP contribution in [0.4, 0.5) is 5.13 Å². The number of aliphatic carboxylic acids is 1. The van der Waals surface area contributed by atoms with Gasteiger partial charge in [0.15, 0.2) is 10.8 Å². The first-order valence-electron chi connectivity index (χ1n) is 10.4. The van der Waals surface area contributed by atoms with Crippen molar-refractivity contribution in [3.8, 4) is 0 Å². The summed E-state index contributed by atoms with van der Waals surface area (Å²) in [6.45, 7) is 2.11. The van der Waals surface area contributed by atoms with Crippen LogP contribution < -0.4 is 45.7 Å². The molecular formula is C19H18N9NaO5S2. The summed E-state index contributed by atoms with van der Waals surface area (Å²) in [5.74, 6) is -2.49. The molecular weight excluding hydrogens is 521 g/mol. The number of amides is 2. The van der Waals surface area contributed by atoms with E-state index in [-0.39, 0.29) is 65.1 Å². The molecule has 36 heavy (non-hydrogen) atoms. The van der Waals surface area contributed by atoms with Gasteiger partial charge in [-0.25, -0.2) is 9.50 Å². The van der Waals surface area contributed by atoms with Gasteiger partial charge in [0.05, 0.1) is 18.2 Å². The van der Waals surface area contributed by atoms with E-state index in [0.29, 0.717) is 17.0 Å². The number of anilines is 1. The third kappa shape index (κ3) is 4.61. The van der Waals surface area contributed by atoms with E-state index in [1.165, 1.54) is 11.8 Å². The van der Waals surface area contributed by atoms with Gasteiger partial charge in [-0.3, -0.25) is 19.2 Å². The maximum Gasteiger partial charge on any atom is 1.00 e. The standard InChI is InChI=1S/C19H19N9O5S2.Na/c1-2-33-24-11(14-23-19(20)35-25-14)15(29)22-12-16(30)28-13(18(31)32)9(8-34-17(12)28)7-26-5-3-10-21-4-6-27(10)26;/h3-6,12,17H,2,7-8H2,1H3,(H,22,29)(H,31,32)(H2,20,23,25);/q;+1/p-1/b24-11+;/t12-,17-;/m1./s1. The molecule has 5 rings (SSSR count). The first-order valence-corrected chi connectivity index (χ1v) is 12.2. The zero-order valence-electron chi connectivity index (χ0n) is 19.2. The molecule has 0 unspecified atom stereocenters. The van der Waals surface area contributed by atoms with Crippen molar-refractivity contribution < 1.29 is 53.9 Å². The number of nitrogen functional groups attached to an aromatic ring is 1. The summed E-state index contributed by atoms with van der Waals surface area (Å²) in [4.78, 5) is 52.2. The maximum atomic E-state index is 13.0. The monoisotopic (exact) mass is 539 g/mol. The maximum absolute atomic E-state index is 13.0. The molecule has 3 aromatic heterocycles. The molecule has 5 heterocycles. The first kappa shape index (κ1) is 26.2. The van der Waals surface area contributed by atoms with Crippen molar-refractivity contribution in [2.45, 2.75) is 24.9 Å². The quantitative estimate of drug-likeness (QED) is 0.122. The number of nitrogens with one attached hydrogen (secondary N) is 1. The molecule has 1 saturated heterocycles. The van der Waals surface area contributed by atoms with Crippen LogP contribution in [0.25, 0.3) is 5.65 Å². The largest absolute Gasteiger partial charge is 1.00 e. The number of carbonyl (C=O) groups is 3. The number of rotatable bonds is 8. The van der Waals surface area contributed by atoms with Crippen LogP contribution in [0.5, 0.6) is 0 Å². The molecule has 3 N–H and O–H groups in total. The number of hydrogen-bond donors (Lipinski definition) is 2.